The Labute approximate surface area is 161 Å². The lowest BCUT2D eigenvalue weighted by molar-refractivity contribution is -0.145. The molecule has 5 nitrogen and oxygen atoms in total. The van der Waals surface area contributed by atoms with Crippen molar-refractivity contribution in [1.29, 1.82) is 0 Å². The van der Waals surface area contributed by atoms with Crippen molar-refractivity contribution in [1.82, 2.24) is 10.2 Å². The van der Waals surface area contributed by atoms with E-state index in [1.807, 2.05) is 0 Å². The maximum atomic E-state index is 13.4. The normalized spacial score (nSPS) is 23.5. The first-order valence-corrected chi connectivity index (χ1v) is 9.69. The van der Waals surface area contributed by atoms with Crippen molar-refractivity contribution in [2.75, 3.05) is 6.54 Å². The SMILES string of the molecule is O=C(O)C1CCC(C(=O)N(Cc2ccccc2C(F)(F)F)C2CCCC2)CN1. The number of carbonyl (C=O) groups excluding carboxylic acids is 1. The number of amides is 1. The second kappa shape index (κ2) is 8.51. The highest BCUT2D eigenvalue weighted by molar-refractivity contribution is 5.80. The Morgan fingerprint density at radius 2 is 1.79 bits per heavy atom. The van der Waals surface area contributed by atoms with Gasteiger partial charge in [-0.2, -0.15) is 13.2 Å². The predicted octanol–water partition coefficient (Wildman–Crippen LogP) is 3.43. The lowest BCUT2D eigenvalue weighted by Crippen LogP contribution is -2.50. The molecule has 0 radical (unpaired) electrons. The van der Waals surface area contributed by atoms with Crippen LogP contribution < -0.4 is 5.32 Å². The molecule has 0 bridgehead atoms. The maximum Gasteiger partial charge on any atom is 0.416 e. The quantitative estimate of drug-likeness (QED) is 0.797. The summed E-state index contributed by atoms with van der Waals surface area (Å²) in [6, 6.07) is 4.65. The zero-order valence-electron chi connectivity index (χ0n) is 15.5. The first kappa shape index (κ1) is 20.6. The number of alkyl halides is 3. The molecule has 8 heteroatoms. The fraction of sp³-hybridized carbons (Fsp3) is 0.600. The molecule has 1 aromatic rings. The van der Waals surface area contributed by atoms with Crippen molar-refractivity contribution >= 4 is 11.9 Å². The molecule has 2 aliphatic rings. The van der Waals surface area contributed by atoms with Crippen LogP contribution in [0.3, 0.4) is 0 Å². The van der Waals surface area contributed by atoms with Crippen LogP contribution in [0.4, 0.5) is 13.2 Å². The third kappa shape index (κ3) is 4.66. The highest BCUT2D eigenvalue weighted by Gasteiger charge is 2.37. The molecule has 2 atom stereocenters. The van der Waals surface area contributed by atoms with Crippen LogP contribution in [-0.2, 0) is 22.3 Å². The highest BCUT2D eigenvalue weighted by atomic mass is 19.4. The van der Waals surface area contributed by atoms with Gasteiger partial charge in [-0.1, -0.05) is 31.0 Å². The summed E-state index contributed by atoms with van der Waals surface area (Å²) in [4.78, 5) is 25.9. The molecule has 2 unspecified atom stereocenters. The number of hydrogen-bond donors (Lipinski definition) is 2. The van der Waals surface area contributed by atoms with E-state index in [-0.39, 0.29) is 30.6 Å². The number of hydrogen-bond acceptors (Lipinski definition) is 3. The summed E-state index contributed by atoms with van der Waals surface area (Å²) in [5.74, 6) is -1.54. The van der Waals surface area contributed by atoms with Crippen molar-refractivity contribution in [2.45, 2.75) is 63.3 Å². The van der Waals surface area contributed by atoms with Gasteiger partial charge in [-0.05, 0) is 37.3 Å². The Kier molecular flexibility index (Phi) is 6.27. The van der Waals surface area contributed by atoms with E-state index in [4.69, 9.17) is 5.11 Å². The van der Waals surface area contributed by atoms with E-state index >= 15 is 0 Å². The molecule has 1 saturated heterocycles. The fourth-order valence-electron chi connectivity index (χ4n) is 4.23. The highest BCUT2D eigenvalue weighted by Crippen LogP contribution is 2.34. The van der Waals surface area contributed by atoms with Gasteiger partial charge in [-0.3, -0.25) is 9.59 Å². The molecule has 1 aliphatic heterocycles. The van der Waals surface area contributed by atoms with E-state index in [0.717, 1.165) is 31.7 Å². The van der Waals surface area contributed by atoms with E-state index in [1.165, 1.54) is 12.1 Å². The topological polar surface area (TPSA) is 69.6 Å². The summed E-state index contributed by atoms with van der Waals surface area (Å²) in [5, 5.41) is 11.9. The van der Waals surface area contributed by atoms with Gasteiger partial charge in [0.15, 0.2) is 0 Å². The van der Waals surface area contributed by atoms with Crippen LogP contribution in [0.25, 0.3) is 0 Å². The van der Waals surface area contributed by atoms with Crippen molar-refractivity contribution in [3.63, 3.8) is 0 Å². The minimum Gasteiger partial charge on any atom is -0.480 e. The molecule has 2 fully saturated rings. The number of rotatable bonds is 5. The molecule has 1 amide bonds. The summed E-state index contributed by atoms with van der Waals surface area (Å²) < 4.78 is 40.1. The van der Waals surface area contributed by atoms with Crippen LogP contribution >= 0.6 is 0 Å². The number of halogens is 3. The van der Waals surface area contributed by atoms with Crippen molar-refractivity contribution in [3.05, 3.63) is 35.4 Å². The van der Waals surface area contributed by atoms with Gasteiger partial charge in [0.1, 0.15) is 6.04 Å². The van der Waals surface area contributed by atoms with E-state index < -0.39 is 29.7 Å². The van der Waals surface area contributed by atoms with Gasteiger partial charge in [0.2, 0.25) is 5.91 Å². The molecule has 1 saturated carbocycles. The van der Waals surface area contributed by atoms with E-state index in [9.17, 15) is 22.8 Å². The van der Waals surface area contributed by atoms with Crippen molar-refractivity contribution < 1.29 is 27.9 Å². The minimum absolute atomic E-state index is 0.0639. The molecule has 28 heavy (non-hydrogen) atoms. The molecular formula is C20H25F3N2O3. The molecule has 1 heterocycles. The summed E-state index contributed by atoms with van der Waals surface area (Å²) in [7, 11) is 0. The summed E-state index contributed by atoms with van der Waals surface area (Å²) in [5.41, 5.74) is -0.610. The third-order valence-corrected chi connectivity index (χ3v) is 5.77. The zero-order chi connectivity index (χ0) is 20.3. The molecular weight excluding hydrogens is 373 g/mol. The maximum absolute atomic E-state index is 13.4. The smallest absolute Gasteiger partial charge is 0.416 e. The van der Waals surface area contributed by atoms with Crippen LogP contribution in [0, 0.1) is 5.92 Å². The second-order valence-electron chi connectivity index (χ2n) is 7.63. The van der Waals surface area contributed by atoms with Gasteiger partial charge in [0.25, 0.3) is 0 Å². The number of nitrogens with one attached hydrogen (secondary N) is 1. The molecule has 1 aromatic carbocycles. The minimum atomic E-state index is -4.47. The Morgan fingerprint density at radius 3 is 2.36 bits per heavy atom. The van der Waals surface area contributed by atoms with Crippen molar-refractivity contribution in [3.8, 4) is 0 Å². The molecule has 3 rings (SSSR count). The van der Waals surface area contributed by atoms with Gasteiger partial charge >= 0.3 is 12.1 Å². The largest absolute Gasteiger partial charge is 0.480 e. The lowest BCUT2D eigenvalue weighted by atomic mass is 9.92. The summed E-state index contributed by atoms with van der Waals surface area (Å²) >= 11 is 0. The van der Waals surface area contributed by atoms with E-state index in [1.54, 1.807) is 11.0 Å². The van der Waals surface area contributed by atoms with Gasteiger partial charge in [0.05, 0.1) is 11.5 Å². The summed E-state index contributed by atoms with van der Waals surface area (Å²) in [6.45, 7) is 0.165. The number of aliphatic carboxylic acids is 1. The first-order chi connectivity index (χ1) is 13.3. The number of carbonyl (C=O) groups is 2. The van der Waals surface area contributed by atoms with Gasteiger partial charge in [-0.15, -0.1) is 0 Å². The molecule has 1 aliphatic carbocycles. The van der Waals surface area contributed by atoms with Gasteiger partial charge < -0.3 is 15.3 Å². The Balaban J connectivity index is 1.79. The molecule has 0 spiro atoms. The number of carboxylic acids is 1. The predicted molar refractivity (Wildman–Crippen MR) is 96.4 cm³/mol. The Bertz CT molecular complexity index is 709. The third-order valence-electron chi connectivity index (χ3n) is 5.77. The standard InChI is InChI=1S/C20H25F3N2O3/c21-20(22,23)16-8-4-1-5-14(16)12-25(15-6-2-3-7-15)18(26)13-9-10-17(19(27)28)24-11-13/h1,4-5,8,13,15,17,24H,2-3,6-7,9-12H2,(H,27,28). The average Bonchev–Trinajstić information content (AvgIpc) is 3.19. The first-order valence-electron chi connectivity index (χ1n) is 9.69. The van der Waals surface area contributed by atoms with Gasteiger partial charge in [-0.25, -0.2) is 0 Å². The van der Waals surface area contributed by atoms with Gasteiger partial charge in [0, 0.05) is 19.1 Å². The van der Waals surface area contributed by atoms with Crippen LogP contribution in [0.2, 0.25) is 0 Å². The van der Waals surface area contributed by atoms with Crippen LogP contribution in [-0.4, -0.2) is 40.5 Å². The molecule has 0 aromatic heterocycles. The zero-order valence-corrected chi connectivity index (χ0v) is 15.5. The lowest BCUT2D eigenvalue weighted by Gasteiger charge is -2.35. The monoisotopic (exact) mass is 398 g/mol. The molecule has 2 N–H and O–H groups in total. The van der Waals surface area contributed by atoms with E-state index in [2.05, 4.69) is 5.32 Å². The molecule has 154 valence electrons. The van der Waals surface area contributed by atoms with Crippen LogP contribution in [0.15, 0.2) is 24.3 Å². The van der Waals surface area contributed by atoms with E-state index in [0.29, 0.717) is 12.8 Å². The number of piperidine rings is 1. The number of benzene rings is 1. The van der Waals surface area contributed by atoms with Crippen molar-refractivity contribution in [2.24, 2.45) is 5.92 Å². The number of carboxylic acid groups (broad SMARTS) is 1. The Hall–Kier alpha value is -2.09. The van der Waals surface area contributed by atoms with Crippen LogP contribution in [0.5, 0.6) is 0 Å². The summed E-state index contributed by atoms with van der Waals surface area (Å²) in [6.07, 6.45) is -0.215. The fourth-order valence-corrected chi connectivity index (χ4v) is 4.23. The number of nitrogens with zero attached hydrogens (tertiary/aromatic N) is 1. The Morgan fingerprint density at radius 1 is 1.11 bits per heavy atom. The second-order valence-corrected chi connectivity index (χ2v) is 7.63. The average molecular weight is 398 g/mol. The van der Waals surface area contributed by atoms with Crippen LogP contribution in [0.1, 0.15) is 49.7 Å².